The molecular weight excluding hydrogens is 386 g/mol. The summed E-state index contributed by atoms with van der Waals surface area (Å²) in [5.41, 5.74) is 3.32. The Kier molecular flexibility index (Phi) is 5.20. The number of nitriles is 1. The van der Waals surface area contributed by atoms with Gasteiger partial charge in [-0.05, 0) is 37.1 Å². The molecule has 154 valence electrons. The molecule has 1 fully saturated rings. The Morgan fingerprint density at radius 1 is 1.17 bits per heavy atom. The quantitative estimate of drug-likeness (QED) is 0.691. The fourth-order valence-electron chi connectivity index (χ4n) is 3.70. The fraction of sp³-hybridized carbons (Fsp3) is 0.364. The highest BCUT2D eigenvalue weighted by Gasteiger charge is 2.34. The molecule has 2 aromatic heterocycles. The summed E-state index contributed by atoms with van der Waals surface area (Å²) in [5.74, 6) is -1.34. The molecule has 0 amide bonds. The molecule has 0 bridgehead atoms. The molecule has 0 spiro atoms. The highest BCUT2D eigenvalue weighted by molar-refractivity contribution is 5.94. The summed E-state index contributed by atoms with van der Waals surface area (Å²) in [6, 6.07) is 9.70. The van der Waals surface area contributed by atoms with Crippen LogP contribution in [0.2, 0.25) is 0 Å². The van der Waals surface area contributed by atoms with Crippen molar-refractivity contribution in [2.75, 3.05) is 23.3 Å². The van der Waals surface area contributed by atoms with Gasteiger partial charge in [-0.3, -0.25) is 0 Å². The first-order valence-electron chi connectivity index (χ1n) is 9.86. The Hall–Kier alpha value is -3.34. The number of halogens is 2. The molecule has 8 heteroatoms. The lowest BCUT2D eigenvalue weighted by molar-refractivity contribution is -0.0221. The summed E-state index contributed by atoms with van der Waals surface area (Å²) >= 11 is 0. The van der Waals surface area contributed by atoms with Crippen molar-refractivity contribution in [2.24, 2.45) is 0 Å². The molecule has 0 saturated carbocycles. The lowest BCUT2D eigenvalue weighted by atomic mass is 10.0. The van der Waals surface area contributed by atoms with Crippen LogP contribution in [0.4, 0.5) is 20.4 Å². The number of pyridine rings is 1. The minimum atomic E-state index is -2.60. The molecule has 30 heavy (non-hydrogen) atoms. The number of aryl methyl sites for hydroxylation is 1. The van der Waals surface area contributed by atoms with Gasteiger partial charge in [0.1, 0.15) is 5.82 Å². The van der Waals surface area contributed by atoms with E-state index in [2.05, 4.69) is 26.6 Å². The number of nitrogens with zero attached hydrogens (tertiary/aromatic N) is 5. The van der Waals surface area contributed by atoms with Gasteiger partial charge in [0.15, 0.2) is 5.82 Å². The van der Waals surface area contributed by atoms with E-state index in [1.54, 1.807) is 12.3 Å². The highest BCUT2D eigenvalue weighted by Crippen LogP contribution is 2.32. The van der Waals surface area contributed by atoms with Crippen LogP contribution in [-0.4, -0.2) is 34.2 Å². The molecule has 3 aromatic rings. The van der Waals surface area contributed by atoms with E-state index in [0.29, 0.717) is 23.7 Å². The van der Waals surface area contributed by atoms with Crippen LogP contribution in [0.15, 0.2) is 30.5 Å². The number of benzene rings is 1. The molecule has 3 heterocycles. The van der Waals surface area contributed by atoms with E-state index in [4.69, 9.17) is 0 Å². The van der Waals surface area contributed by atoms with E-state index in [0.717, 1.165) is 27.6 Å². The largest absolute Gasteiger partial charge is 0.364 e. The fourth-order valence-corrected chi connectivity index (χ4v) is 3.70. The summed E-state index contributed by atoms with van der Waals surface area (Å²) < 4.78 is 27.0. The minimum Gasteiger partial charge on any atom is -0.364 e. The summed E-state index contributed by atoms with van der Waals surface area (Å²) in [6.07, 6.45) is 1.40. The third kappa shape index (κ3) is 3.88. The first kappa shape index (κ1) is 20.0. The average Bonchev–Trinajstić information content (AvgIpc) is 2.74. The molecule has 6 nitrogen and oxygen atoms in total. The first-order chi connectivity index (χ1) is 14.4. The zero-order chi connectivity index (χ0) is 21.3. The van der Waals surface area contributed by atoms with E-state index in [1.807, 2.05) is 36.9 Å². The Morgan fingerprint density at radius 2 is 1.93 bits per heavy atom. The van der Waals surface area contributed by atoms with Gasteiger partial charge >= 0.3 is 0 Å². The molecule has 1 N–H and O–H groups in total. The van der Waals surface area contributed by atoms with Gasteiger partial charge in [0.25, 0.3) is 5.92 Å². The van der Waals surface area contributed by atoms with Crippen molar-refractivity contribution in [3.63, 3.8) is 0 Å². The SMILES string of the molecule is Cc1c(C#N)cccc1CNc1nnc(C)c2cnc(N3CCC(F)(F)CC3)cc12. The Bertz CT molecular complexity index is 1130. The van der Waals surface area contributed by atoms with E-state index in [9.17, 15) is 14.0 Å². The van der Waals surface area contributed by atoms with Crippen molar-refractivity contribution in [1.82, 2.24) is 15.2 Å². The van der Waals surface area contributed by atoms with Gasteiger partial charge in [-0.15, -0.1) is 5.10 Å². The Balaban J connectivity index is 1.63. The summed E-state index contributed by atoms with van der Waals surface area (Å²) in [5, 5.41) is 22.8. The normalized spacial score (nSPS) is 15.8. The predicted molar refractivity (Wildman–Crippen MR) is 112 cm³/mol. The monoisotopic (exact) mass is 408 g/mol. The summed E-state index contributed by atoms with van der Waals surface area (Å²) in [7, 11) is 0. The number of hydrogen-bond acceptors (Lipinski definition) is 6. The Morgan fingerprint density at radius 3 is 2.67 bits per heavy atom. The second-order valence-electron chi connectivity index (χ2n) is 7.62. The molecule has 0 atom stereocenters. The zero-order valence-corrected chi connectivity index (χ0v) is 16.9. The lowest BCUT2D eigenvalue weighted by Crippen LogP contribution is -2.39. The first-order valence-corrected chi connectivity index (χ1v) is 9.86. The van der Waals surface area contributed by atoms with Crippen LogP contribution >= 0.6 is 0 Å². The van der Waals surface area contributed by atoms with Gasteiger partial charge in [0.2, 0.25) is 0 Å². The topological polar surface area (TPSA) is 77.7 Å². The summed E-state index contributed by atoms with van der Waals surface area (Å²) in [4.78, 5) is 6.37. The molecule has 0 aliphatic carbocycles. The van der Waals surface area contributed by atoms with Crippen molar-refractivity contribution in [2.45, 2.75) is 39.2 Å². The molecule has 1 aromatic carbocycles. The van der Waals surface area contributed by atoms with Gasteiger partial charge in [-0.1, -0.05) is 12.1 Å². The van der Waals surface area contributed by atoms with Crippen LogP contribution in [0.1, 0.15) is 35.2 Å². The standard InChI is InChI=1S/C22H22F2N6/c1-14-16(11-25)4-3-5-17(14)12-27-21-18-10-20(26-13-19(18)15(2)28-29-21)30-8-6-22(23,24)7-9-30/h3-5,10,13H,6-9,12H2,1-2H3,(H,27,29). The number of anilines is 2. The zero-order valence-electron chi connectivity index (χ0n) is 16.9. The van der Waals surface area contributed by atoms with Gasteiger partial charge in [-0.25, -0.2) is 13.8 Å². The van der Waals surface area contributed by atoms with Gasteiger partial charge < -0.3 is 10.2 Å². The molecule has 1 saturated heterocycles. The third-order valence-corrected chi connectivity index (χ3v) is 5.67. The maximum atomic E-state index is 13.5. The average molecular weight is 408 g/mol. The summed E-state index contributed by atoms with van der Waals surface area (Å²) in [6.45, 7) is 4.81. The number of nitrogens with one attached hydrogen (secondary N) is 1. The second-order valence-corrected chi connectivity index (χ2v) is 7.62. The smallest absolute Gasteiger partial charge is 0.251 e. The molecular formula is C22H22F2N6. The molecule has 1 aliphatic rings. The van der Waals surface area contributed by atoms with Crippen molar-refractivity contribution >= 4 is 22.4 Å². The predicted octanol–water partition coefficient (Wildman–Crippen LogP) is 4.36. The van der Waals surface area contributed by atoms with Crippen molar-refractivity contribution in [3.05, 3.63) is 52.8 Å². The van der Waals surface area contributed by atoms with Crippen LogP contribution < -0.4 is 10.2 Å². The van der Waals surface area contributed by atoms with Crippen LogP contribution in [0.25, 0.3) is 10.8 Å². The maximum absolute atomic E-state index is 13.5. The van der Waals surface area contributed by atoms with E-state index in [1.165, 1.54) is 0 Å². The molecule has 0 unspecified atom stereocenters. The van der Waals surface area contributed by atoms with E-state index in [-0.39, 0.29) is 25.9 Å². The van der Waals surface area contributed by atoms with Crippen molar-refractivity contribution in [1.29, 1.82) is 5.26 Å². The van der Waals surface area contributed by atoms with Gasteiger partial charge in [-0.2, -0.15) is 10.4 Å². The number of hydrogen-bond donors (Lipinski definition) is 1. The minimum absolute atomic E-state index is 0.167. The van der Waals surface area contributed by atoms with Crippen LogP contribution in [-0.2, 0) is 6.54 Å². The number of alkyl halides is 2. The Labute approximate surface area is 173 Å². The molecule has 1 aliphatic heterocycles. The lowest BCUT2D eigenvalue weighted by Gasteiger charge is -2.32. The van der Waals surface area contributed by atoms with Gasteiger partial charge in [0, 0.05) is 49.4 Å². The van der Waals surface area contributed by atoms with Crippen molar-refractivity contribution in [3.8, 4) is 6.07 Å². The molecule has 4 rings (SSSR count). The van der Waals surface area contributed by atoms with Crippen LogP contribution in [0.5, 0.6) is 0 Å². The van der Waals surface area contributed by atoms with Gasteiger partial charge in [0.05, 0.1) is 17.3 Å². The van der Waals surface area contributed by atoms with E-state index >= 15 is 0 Å². The molecule has 0 radical (unpaired) electrons. The number of rotatable bonds is 4. The number of aromatic nitrogens is 3. The number of piperidine rings is 1. The maximum Gasteiger partial charge on any atom is 0.251 e. The third-order valence-electron chi connectivity index (χ3n) is 5.67. The van der Waals surface area contributed by atoms with E-state index < -0.39 is 5.92 Å². The van der Waals surface area contributed by atoms with Crippen molar-refractivity contribution < 1.29 is 8.78 Å². The van der Waals surface area contributed by atoms with Crippen LogP contribution in [0.3, 0.4) is 0 Å². The number of fused-ring (bicyclic) bond motifs is 1. The highest BCUT2D eigenvalue weighted by atomic mass is 19.3. The van der Waals surface area contributed by atoms with Crippen LogP contribution in [0, 0.1) is 25.2 Å². The second kappa shape index (κ2) is 7.82.